The summed E-state index contributed by atoms with van der Waals surface area (Å²) in [6, 6.07) is 0.673. The Labute approximate surface area is 107 Å². The van der Waals surface area contributed by atoms with Gasteiger partial charge in [0, 0.05) is 45.0 Å². The first kappa shape index (κ1) is 11.7. The number of amides is 1. The van der Waals surface area contributed by atoms with Crippen LogP contribution in [0.1, 0.15) is 25.1 Å². The van der Waals surface area contributed by atoms with Gasteiger partial charge < -0.3 is 14.8 Å². The number of imidazole rings is 1. The van der Waals surface area contributed by atoms with Crippen LogP contribution in [0.25, 0.3) is 0 Å². The molecule has 1 aliphatic carbocycles. The summed E-state index contributed by atoms with van der Waals surface area (Å²) in [6.45, 7) is 1.67. The zero-order valence-corrected chi connectivity index (χ0v) is 10.8. The van der Waals surface area contributed by atoms with E-state index >= 15 is 0 Å². The molecule has 18 heavy (non-hydrogen) atoms. The van der Waals surface area contributed by atoms with Gasteiger partial charge in [0.25, 0.3) is 0 Å². The van der Waals surface area contributed by atoms with Gasteiger partial charge in [0.15, 0.2) is 0 Å². The van der Waals surface area contributed by atoms with E-state index in [0.717, 1.165) is 31.8 Å². The highest BCUT2D eigenvalue weighted by Gasteiger charge is 2.35. The van der Waals surface area contributed by atoms with Gasteiger partial charge in [-0.3, -0.25) is 4.79 Å². The van der Waals surface area contributed by atoms with Gasteiger partial charge in [-0.05, 0) is 19.3 Å². The van der Waals surface area contributed by atoms with Crippen molar-refractivity contribution in [2.75, 3.05) is 13.1 Å². The third kappa shape index (κ3) is 2.41. The fraction of sp³-hybridized carbons (Fsp3) is 0.692. The smallest absolute Gasteiger partial charge is 0.239 e. The number of carbonyl (C=O) groups excluding carboxylic acids is 1. The van der Waals surface area contributed by atoms with E-state index in [-0.39, 0.29) is 11.9 Å². The zero-order chi connectivity index (χ0) is 12.5. The van der Waals surface area contributed by atoms with Gasteiger partial charge in [0.2, 0.25) is 5.91 Å². The topological polar surface area (TPSA) is 50.2 Å². The largest absolute Gasteiger partial charge is 0.341 e. The number of hydrogen-bond acceptors (Lipinski definition) is 3. The molecule has 1 atom stereocenters. The highest BCUT2D eigenvalue weighted by molar-refractivity contribution is 5.84. The van der Waals surface area contributed by atoms with Crippen molar-refractivity contribution in [3.63, 3.8) is 0 Å². The van der Waals surface area contributed by atoms with Gasteiger partial charge in [0.1, 0.15) is 5.82 Å². The molecule has 1 saturated heterocycles. The van der Waals surface area contributed by atoms with Crippen LogP contribution in [-0.2, 0) is 18.3 Å². The number of aromatic nitrogens is 2. The van der Waals surface area contributed by atoms with Crippen molar-refractivity contribution in [2.24, 2.45) is 7.05 Å². The number of likely N-dealkylation sites (tertiary alicyclic amines) is 1. The Morgan fingerprint density at radius 2 is 2.28 bits per heavy atom. The third-order valence-corrected chi connectivity index (χ3v) is 3.84. The molecule has 1 N–H and O–H groups in total. The molecule has 0 radical (unpaired) electrons. The van der Waals surface area contributed by atoms with Gasteiger partial charge in [0.05, 0.1) is 6.04 Å². The van der Waals surface area contributed by atoms with E-state index in [1.54, 1.807) is 6.20 Å². The van der Waals surface area contributed by atoms with Crippen LogP contribution in [0.4, 0.5) is 0 Å². The second kappa shape index (κ2) is 4.72. The van der Waals surface area contributed by atoms with Crippen molar-refractivity contribution in [2.45, 2.75) is 37.8 Å². The lowest BCUT2D eigenvalue weighted by molar-refractivity contribution is -0.129. The molecule has 1 aromatic rings. The minimum Gasteiger partial charge on any atom is -0.341 e. The monoisotopic (exact) mass is 248 g/mol. The molecule has 3 rings (SSSR count). The van der Waals surface area contributed by atoms with Crippen molar-refractivity contribution < 1.29 is 4.79 Å². The lowest BCUT2D eigenvalue weighted by Crippen LogP contribution is -2.40. The normalized spacial score (nSPS) is 23.9. The van der Waals surface area contributed by atoms with Crippen LogP contribution < -0.4 is 5.32 Å². The van der Waals surface area contributed by atoms with Crippen LogP contribution in [0, 0.1) is 0 Å². The first-order valence-corrected chi connectivity index (χ1v) is 6.75. The van der Waals surface area contributed by atoms with E-state index in [1.165, 1.54) is 12.8 Å². The Hall–Kier alpha value is -1.36. The van der Waals surface area contributed by atoms with E-state index in [2.05, 4.69) is 10.3 Å². The average Bonchev–Trinajstić information content (AvgIpc) is 2.99. The molecule has 0 bridgehead atoms. The van der Waals surface area contributed by atoms with E-state index in [0.29, 0.717) is 6.04 Å². The molecule has 1 unspecified atom stereocenters. The van der Waals surface area contributed by atoms with Crippen molar-refractivity contribution in [1.29, 1.82) is 0 Å². The van der Waals surface area contributed by atoms with Crippen LogP contribution >= 0.6 is 0 Å². The molecule has 1 aromatic heterocycles. The Bertz CT molecular complexity index is 438. The average molecular weight is 248 g/mol. The van der Waals surface area contributed by atoms with Crippen LogP contribution in [0.3, 0.4) is 0 Å². The SMILES string of the molecule is Cn1ccnc1CCN1CCC(NC2CC2)C1=O. The zero-order valence-electron chi connectivity index (χ0n) is 10.8. The fourth-order valence-corrected chi connectivity index (χ4v) is 2.52. The molecule has 2 heterocycles. The minimum atomic E-state index is 0.0684. The number of hydrogen-bond donors (Lipinski definition) is 1. The predicted octanol–water partition coefficient (Wildman–Crippen LogP) is 0.315. The van der Waals surface area contributed by atoms with E-state index in [1.807, 2.05) is 22.7 Å². The van der Waals surface area contributed by atoms with Crippen LogP contribution in [0.5, 0.6) is 0 Å². The summed E-state index contributed by atoms with van der Waals surface area (Å²) in [5, 5.41) is 3.43. The van der Waals surface area contributed by atoms with Crippen molar-refractivity contribution in [1.82, 2.24) is 19.8 Å². The number of rotatable bonds is 5. The first-order valence-electron chi connectivity index (χ1n) is 6.75. The van der Waals surface area contributed by atoms with E-state index in [4.69, 9.17) is 0 Å². The maximum atomic E-state index is 12.1. The molecular weight excluding hydrogens is 228 g/mol. The third-order valence-electron chi connectivity index (χ3n) is 3.84. The first-order chi connectivity index (χ1) is 8.74. The lowest BCUT2D eigenvalue weighted by Gasteiger charge is -2.16. The van der Waals surface area contributed by atoms with Crippen molar-refractivity contribution in [3.8, 4) is 0 Å². The molecule has 2 aliphatic rings. The molecule has 0 aromatic carbocycles. The van der Waals surface area contributed by atoms with Crippen LogP contribution in [0.15, 0.2) is 12.4 Å². The van der Waals surface area contributed by atoms with Crippen molar-refractivity contribution in [3.05, 3.63) is 18.2 Å². The minimum absolute atomic E-state index is 0.0684. The van der Waals surface area contributed by atoms with Crippen molar-refractivity contribution >= 4 is 5.91 Å². The molecule has 5 nitrogen and oxygen atoms in total. The lowest BCUT2D eigenvalue weighted by atomic mass is 10.2. The molecule has 5 heteroatoms. The van der Waals surface area contributed by atoms with Gasteiger partial charge in [-0.15, -0.1) is 0 Å². The molecular formula is C13H20N4O. The maximum Gasteiger partial charge on any atom is 0.239 e. The Morgan fingerprint density at radius 3 is 2.94 bits per heavy atom. The summed E-state index contributed by atoms with van der Waals surface area (Å²) >= 11 is 0. The Morgan fingerprint density at radius 1 is 1.44 bits per heavy atom. The quantitative estimate of drug-likeness (QED) is 0.816. The Balaban J connectivity index is 1.51. The highest BCUT2D eigenvalue weighted by Crippen LogP contribution is 2.22. The van der Waals surface area contributed by atoms with Crippen LogP contribution in [0.2, 0.25) is 0 Å². The van der Waals surface area contributed by atoms with Gasteiger partial charge >= 0.3 is 0 Å². The second-order valence-corrected chi connectivity index (χ2v) is 5.31. The summed E-state index contributed by atoms with van der Waals surface area (Å²) in [5.74, 6) is 1.32. The van der Waals surface area contributed by atoms with E-state index < -0.39 is 0 Å². The molecule has 1 amide bonds. The summed E-state index contributed by atoms with van der Waals surface area (Å²) in [4.78, 5) is 18.4. The molecule has 0 spiro atoms. The number of carbonyl (C=O) groups is 1. The number of nitrogens with one attached hydrogen (secondary N) is 1. The summed E-state index contributed by atoms with van der Waals surface area (Å²) in [6.07, 6.45) is 8.01. The Kier molecular flexibility index (Phi) is 3.07. The number of aryl methyl sites for hydroxylation is 1. The van der Waals surface area contributed by atoms with Gasteiger partial charge in [-0.2, -0.15) is 0 Å². The molecule has 1 aliphatic heterocycles. The summed E-state index contributed by atoms with van der Waals surface area (Å²) in [7, 11) is 1.99. The van der Waals surface area contributed by atoms with Gasteiger partial charge in [-0.1, -0.05) is 0 Å². The second-order valence-electron chi connectivity index (χ2n) is 5.31. The molecule has 98 valence electrons. The van der Waals surface area contributed by atoms with Gasteiger partial charge in [-0.25, -0.2) is 4.98 Å². The summed E-state index contributed by atoms with van der Waals surface area (Å²) in [5.41, 5.74) is 0. The highest BCUT2D eigenvalue weighted by atomic mass is 16.2. The van der Waals surface area contributed by atoms with E-state index in [9.17, 15) is 4.79 Å². The number of nitrogens with zero attached hydrogens (tertiary/aromatic N) is 3. The predicted molar refractivity (Wildman–Crippen MR) is 68.1 cm³/mol. The summed E-state index contributed by atoms with van der Waals surface area (Å²) < 4.78 is 2.01. The maximum absolute atomic E-state index is 12.1. The fourth-order valence-electron chi connectivity index (χ4n) is 2.52. The standard InChI is InChI=1S/C13H20N4O/c1-16-9-6-14-12(16)5-8-17-7-4-11(13(17)18)15-10-2-3-10/h6,9-11,15H,2-5,7-8H2,1H3. The van der Waals surface area contributed by atoms with Crippen LogP contribution in [-0.4, -0.2) is 45.5 Å². The molecule has 1 saturated carbocycles. The molecule has 2 fully saturated rings.